The molecule has 0 aromatic carbocycles. The summed E-state index contributed by atoms with van der Waals surface area (Å²) in [6.45, 7) is 2.48. The molecule has 2 fully saturated rings. The number of hydrogen-bond acceptors (Lipinski definition) is 3. The molecule has 4 nitrogen and oxygen atoms in total. The highest BCUT2D eigenvalue weighted by molar-refractivity contribution is 5.83. The van der Waals surface area contributed by atoms with E-state index in [0.717, 1.165) is 12.7 Å². The molecule has 1 aliphatic carbocycles. The Kier molecular flexibility index (Phi) is 2.31. The van der Waals surface area contributed by atoms with Crippen LogP contribution in [0.3, 0.4) is 0 Å². The average molecular weight is 196 g/mol. The van der Waals surface area contributed by atoms with Gasteiger partial charge in [0.2, 0.25) is 5.91 Å². The fourth-order valence-corrected chi connectivity index (χ4v) is 2.66. The maximum absolute atomic E-state index is 11.7. The Hall–Kier alpha value is -0.900. The minimum Gasteiger partial charge on any atom is -0.328 e. The molecule has 4 unspecified atom stereocenters. The smallest absolute Gasteiger partial charge is 0.237 e. The van der Waals surface area contributed by atoms with Crippen molar-refractivity contribution in [2.45, 2.75) is 25.4 Å². The molecule has 0 aromatic heterocycles. The van der Waals surface area contributed by atoms with Gasteiger partial charge in [0.1, 0.15) is 6.29 Å². The van der Waals surface area contributed by atoms with E-state index in [1.165, 1.54) is 0 Å². The zero-order valence-corrected chi connectivity index (χ0v) is 8.56. The summed E-state index contributed by atoms with van der Waals surface area (Å²) in [7, 11) is 1.75. The van der Waals surface area contributed by atoms with Crippen molar-refractivity contribution in [1.29, 1.82) is 0 Å². The average Bonchev–Trinajstić information content (AvgIpc) is 2.66. The Bertz CT molecular complexity index is 267. The SMILES string of the molecule is CNCC(=O)N1C(C=O)CC2C(C)C21. The number of aldehydes is 1. The second-order valence-corrected chi connectivity index (χ2v) is 4.28. The molecule has 1 amide bonds. The van der Waals surface area contributed by atoms with Crippen LogP contribution in [-0.2, 0) is 9.59 Å². The maximum atomic E-state index is 11.7. The number of likely N-dealkylation sites (N-methyl/N-ethyl adjacent to an activating group) is 1. The van der Waals surface area contributed by atoms with Gasteiger partial charge >= 0.3 is 0 Å². The van der Waals surface area contributed by atoms with Gasteiger partial charge < -0.3 is 15.0 Å². The van der Waals surface area contributed by atoms with Gasteiger partial charge in [0.05, 0.1) is 12.6 Å². The van der Waals surface area contributed by atoms with Crippen LogP contribution in [0.15, 0.2) is 0 Å². The van der Waals surface area contributed by atoms with Crippen molar-refractivity contribution < 1.29 is 9.59 Å². The van der Waals surface area contributed by atoms with Gasteiger partial charge in [-0.15, -0.1) is 0 Å². The van der Waals surface area contributed by atoms with Crippen LogP contribution in [0, 0.1) is 11.8 Å². The number of nitrogens with one attached hydrogen (secondary N) is 1. The van der Waals surface area contributed by atoms with Gasteiger partial charge in [0.15, 0.2) is 0 Å². The molecular weight excluding hydrogens is 180 g/mol. The largest absolute Gasteiger partial charge is 0.328 e. The monoisotopic (exact) mass is 196 g/mol. The highest BCUT2D eigenvalue weighted by Crippen LogP contribution is 2.52. The number of piperidine rings is 1. The second kappa shape index (κ2) is 3.35. The molecule has 1 N–H and O–H groups in total. The molecule has 2 aliphatic rings. The van der Waals surface area contributed by atoms with Crippen molar-refractivity contribution in [1.82, 2.24) is 10.2 Å². The summed E-state index contributed by atoms with van der Waals surface area (Å²) in [4.78, 5) is 24.3. The van der Waals surface area contributed by atoms with Crippen LogP contribution >= 0.6 is 0 Å². The van der Waals surface area contributed by atoms with Crippen molar-refractivity contribution in [3.8, 4) is 0 Å². The van der Waals surface area contributed by atoms with Crippen LogP contribution in [0.4, 0.5) is 0 Å². The van der Waals surface area contributed by atoms with E-state index in [-0.39, 0.29) is 11.9 Å². The Balaban J connectivity index is 2.06. The Morgan fingerprint density at radius 2 is 2.36 bits per heavy atom. The Labute approximate surface area is 83.6 Å². The van der Waals surface area contributed by atoms with Crippen molar-refractivity contribution >= 4 is 12.2 Å². The molecule has 4 heteroatoms. The summed E-state index contributed by atoms with van der Waals surface area (Å²) >= 11 is 0. The van der Waals surface area contributed by atoms with Gasteiger partial charge in [0, 0.05) is 6.04 Å². The zero-order chi connectivity index (χ0) is 10.3. The predicted molar refractivity (Wildman–Crippen MR) is 51.7 cm³/mol. The molecule has 1 saturated heterocycles. The van der Waals surface area contributed by atoms with E-state index in [4.69, 9.17) is 0 Å². The molecule has 14 heavy (non-hydrogen) atoms. The van der Waals surface area contributed by atoms with Crippen molar-refractivity contribution in [3.05, 3.63) is 0 Å². The quantitative estimate of drug-likeness (QED) is 0.627. The third-order valence-corrected chi connectivity index (χ3v) is 3.48. The molecule has 1 saturated carbocycles. The number of rotatable bonds is 3. The van der Waals surface area contributed by atoms with Gasteiger partial charge in [-0.05, 0) is 25.3 Å². The molecule has 0 radical (unpaired) electrons. The molecule has 2 rings (SSSR count). The maximum Gasteiger partial charge on any atom is 0.237 e. The van der Waals surface area contributed by atoms with Gasteiger partial charge in [-0.25, -0.2) is 0 Å². The van der Waals surface area contributed by atoms with Crippen LogP contribution in [0.2, 0.25) is 0 Å². The number of likely N-dealkylation sites (tertiary alicyclic amines) is 1. The Morgan fingerprint density at radius 1 is 1.64 bits per heavy atom. The number of fused-ring (bicyclic) bond motifs is 1. The molecule has 0 bridgehead atoms. The molecule has 0 spiro atoms. The van der Waals surface area contributed by atoms with E-state index in [1.807, 2.05) is 0 Å². The fraction of sp³-hybridized carbons (Fsp3) is 0.800. The standard InChI is InChI=1S/C10H16N2O2/c1-6-8-3-7(5-13)12(10(6)8)9(14)4-11-2/h5-8,10-11H,3-4H2,1-2H3. The number of carbonyl (C=O) groups is 2. The lowest BCUT2D eigenvalue weighted by Gasteiger charge is -2.24. The number of nitrogens with zero attached hydrogens (tertiary/aromatic N) is 1. The van der Waals surface area contributed by atoms with Gasteiger partial charge in [0.25, 0.3) is 0 Å². The summed E-state index contributed by atoms with van der Waals surface area (Å²) in [6, 6.07) is 0.174. The first-order valence-electron chi connectivity index (χ1n) is 5.11. The third-order valence-electron chi connectivity index (χ3n) is 3.48. The normalized spacial score (nSPS) is 39.4. The van der Waals surface area contributed by atoms with E-state index in [9.17, 15) is 9.59 Å². The first-order chi connectivity index (χ1) is 6.70. The third kappa shape index (κ3) is 1.25. The summed E-state index contributed by atoms with van der Waals surface area (Å²) < 4.78 is 0. The summed E-state index contributed by atoms with van der Waals surface area (Å²) in [6.07, 6.45) is 1.78. The lowest BCUT2D eigenvalue weighted by atomic mass is 10.1. The first-order valence-corrected chi connectivity index (χ1v) is 5.11. The summed E-state index contributed by atoms with van der Waals surface area (Å²) in [5.74, 6) is 1.22. The molecule has 0 aromatic rings. The summed E-state index contributed by atoms with van der Waals surface area (Å²) in [5.41, 5.74) is 0. The second-order valence-electron chi connectivity index (χ2n) is 4.28. The molecular formula is C10H16N2O2. The number of amides is 1. The highest BCUT2D eigenvalue weighted by atomic mass is 16.2. The van der Waals surface area contributed by atoms with Crippen LogP contribution in [0.5, 0.6) is 0 Å². The highest BCUT2D eigenvalue weighted by Gasteiger charge is 2.59. The van der Waals surface area contributed by atoms with Crippen LogP contribution in [0.25, 0.3) is 0 Å². The van der Waals surface area contributed by atoms with Gasteiger partial charge in [-0.3, -0.25) is 4.79 Å². The lowest BCUT2D eigenvalue weighted by Crippen LogP contribution is -2.44. The molecule has 4 atom stereocenters. The number of carbonyl (C=O) groups excluding carboxylic acids is 2. The predicted octanol–water partition coefficient (Wildman–Crippen LogP) is -0.360. The van der Waals surface area contributed by atoms with E-state index >= 15 is 0 Å². The van der Waals surface area contributed by atoms with Crippen LogP contribution in [0.1, 0.15) is 13.3 Å². The lowest BCUT2D eigenvalue weighted by molar-refractivity contribution is -0.135. The minimum atomic E-state index is -0.165. The Morgan fingerprint density at radius 3 is 2.93 bits per heavy atom. The van der Waals surface area contributed by atoms with Gasteiger partial charge in [-0.1, -0.05) is 6.92 Å². The molecule has 1 aliphatic heterocycles. The van der Waals surface area contributed by atoms with E-state index in [2.05, 4.69) is 12.2 Å². The zero-order valence-electron chi connectivity index (χ0n) is 8.56. The summed E-state index contributed by atoms with van der Waals surface area (Å²) in [5, 5.41) is 2.84. The molecule has 78 valence electrons. The first kappa shape index (κ1) is 9.65. The van der Waals surface area contributed by atoms with Crippen LogP contribution < -0.4 is 5.32 Å². The number of hydrogen-bond donors (Lipinski definition) is 1. The fourth-order valence-electron chi connectivity index (χ4n) is 2.66. The van der Waals surface area contributed by atoms with Gasteiger partial charge in [-0.2, -0.15) is 0 Å². The van der Waals surface area contributed by atoms with Crippen molar-refractivity contribution in [3.63, 3.8) is 0 Å². The van der Waals surface area contributed by atoms with Crippen molar-refractivity contribution in [2.24, 2.45) is 11.8 Å². The van der Waals surface area contributed by atoms with E-state index < -0.39 is 0 Å². The molecule has 1 heterocycles. The minimum absolute atomic E-state index is 0.0569. The van der Waals surface area contributed by atoms with Crippen LogP contribution in [-0.4, -0.2) is 42.8 Å². The van der Waals surface area contributed by atoms with E-state index in [1.54, 1.807) is 11.9 Å². The van der Waals surface area contributed by atoms with Crippen molar-refractivity contribution in [2.75, 3.05) is 13.6 Å². The van der Waals surface area contributed by atoms with E-state index in [0.29, 0.717) is 24.4 Å². The topological polar surface area (TPSA) is 49.4 Å².